The Labute approximate surface area is 170 Å². The molecule has 5 nitrogen and oxygen atoms in total. The first kappa shape index (κ1) is 18.1. The summed E-state index contributed by atoms with van der Waals surface area (Å²) in [7, 11) is 0. The maximum Gasteiger partial charge on any atom is 0.164 e. The molecule has 0 N–H and O–H groups in total. The van der Waals surface area contributed by atoms with E-state index in [1.165, 1.54) is 11.1 Å². The van der Waals surface area contributed by atoms with Gasteiger partial charge < -0.3 is 14.4 Å². The first-order chi connectivity index (χ1) is 14.3. The second-order valence-corrected chi connectivity index (χ2v) is 7.84. The molecule has 0 saturated carbocycles. The molecule has 2 atom stereocenters. The smallest absolute Gasteiger partial charge is 0.164 e. The van der Waals surface area contributed by atoms with E-state index in [0.29, 0.717) is 42.8 Å². The normalized spacial score (nSPS) is 22.8. The van der Waals surface area contributed by atoms with Crippen LogP contribution < -0.4 is 9.47 Å². The largest absolute Gasteiger partial charge is 0.486 e. The molecule has 0 bridgehead atoms. The lowest BCUT2D eigenvalue weighted by molar-refractivity contribution is 0.0967. The van der Waals surface area contributed by atoms with Crippen molar-refractivity contribution in [2.45, 2.75) is 6.42 Å². The number of nitrogens with zero attached hydrogens (tertiary/aromatic N) is 2. The zero-order valence-corrected chi connectivity index (χ0v) is 16.3. The minimum Gasteiger partial charge on any atom is -0.486 e. The molecule has 1 aliphatic carbocycles. The van der Waals surface area contributed by atoms with Crippen molar-refractivity contribution in [1.29, 1.82) is 0 Å². The number of carbonyl (C=O) groups excluding carboxylic acids is 1. The van der Waals surface area contributed by atoms with Gasteiger partial charge in [0.15, 0.2) is 17.3 Å². The van der Waals surface area contributed by atoms with E-state index >= 15 is 0 Å². The van der Waals surface area contributed by atoms with Crippen LogP contribution in [0.15, 0.2) is 61.0 Å². The summed E-state index contributed by atoms with van der Waals surface area (Å²) in [5, 5.41) is 0. The van der Waals surface area contributed by atoms with E-state index in [-0.39, 0.29) is 5.78 Å². The first-order valence-corrected chi connectivity index (χ1v) is 10.2. The molecular weight excluding hydrogens is 364 g/mol. The molecule has 3 aliphatic rings. The second kappa shape index (κ2) is 7.84. The van der Waals surface area contributed by atoms with E-state index in [0.717, 1.165) is 25.4 Å². The monoisotopic (exact) mass is 388 g/mol. The third kappa shape index (κ3) is 3.83. The Morgan fingerprint density at radius 1 is 1.03 bits per heavy atom. The van der Waals surface area contributed by atoms with Gasteiger partial charge >= 0.3 is 0 Å². The van der Waals surface area contributed by atoms with Gasteiger partial charge in [0, 0.05) is 44.0 Å². The van der Waals surface area contributed by atoms with Gasteiger partial charge in [0.1, 0.15) is 13.2 Å². The number of hydrogen-bond acceptors (Lipinski definition) is 5. The molecule has 29 heavy (non-hydrogen) atoms. The lowest BCUT2D eigenvalue weighted by Crippen LogP contribution is -2.24. The van der Waals surface area contributed by atoms with Crippen molar-refractivity contribution in [3.63, 3.8) is 0 Å². The molecule has 1 saturated heterocycles. The SMILES string of the molecule is O=C(CCN1CC2C=CC(c3ccncc3)=CC2C1)c1ccc2c(c1)OCCO2. The van der Waals surface area contributed by atoms with E-state index in [4.69, 9.17) is 9.47 Å². The highest BCUT2D eigenvalue weighted by molar-refractivity contribution is 5.96. The maximum absolute atomic E-state index is 12.7. The molecule has 2 aliphatic heterocycles. The fourth-order valence-electron chi connectivity index (χ4n) is 4.38. The molecule has 0 amide bonds. The van der Waals surface area contributed by atoms with Crippen LogP contribution in [-0.4, -0.2) is 48.5 Å². The topological polar surface area (TPSA) is 51.7 Å². The molecule has 1 aromatic carbocycles. The van der Waals surface area contributed by atoms with E-state index < -0.39 is 0 Å². The van der Waals surface area contributed by atoms with Crippen LogP contribution >= 0.6 is 0 Å². The predicted molar refractivity (Wildman–Crippen MR) is 111 cm³/mol. The average Bonchev–Trinajstić information content (AvgIpc) is 3.20. The summed E-state index contributed by atoms with van der Waals surface area (Å²) in [4.78, 5) is 19.2. The minimum absolute atomic E-state index is 0.153. The summed E-state index contributed by atoms with van der Waals surface area (Å²) in [5.41, 5.74) is 3.18. The van der Waals surface area contributed by atoms with Crippen molar-refractivity contribution in [3.05, 3.63) is 72.1 Å². The number of hydrogen-bond donors (Lipinski definition) is 0. The standard InChI is InChI=1S/C24H24N2O3/c27-22(19-3-4-23-24(14-19)29-12-11-28-23)7-10-26-15-20-2-1-18(13-21(20)16-26)17-5-8-25-9-6-17/h1-6,8-9,13-14,20-21H,7,10-12,15-16H2. The Kier molecular flexibility index (Phi) is 4.90. The maximum atomic E-state index is 12.7. The molecule has 0 radical (unpaired) electrons. The Hall–Kier alpha value is -2.92. The Bertz CT molecular complexity index is 967. The van der Waals surface area contributed by atoms with E-state index in [2.05, 4.69) is 40.2 Å². The predicted octanol–water partition coefficient (Wildman–Crippen LogP) is 3.63. The molecule has 0 spiro atoms. The van der Waals surface area contributed by atoms with Crippen LogP contribution in [0.4, 0.5) is 0 Å². The summed E-state index contributed by atoms with van der Waals surface area (Å²) >= 11 is 0. The second-order valence-electron chi connectivity index (χ2n) is 7.84. The summed E-state index contributed by atoms with van der Waals surface area (Å²) < 4.78 is 11.1. The fraction of sp³-hybridized carbons (Fsp3) is 0.333. The van der Waals surface area contributed by atoms with Crippen molar-refractivity contribution in [1.82, 2.24) is 9.88 Å². The highest BCUT2D eigenvalue weighted by Crippen LogP contribution is 2.34. The van der Waals surface area contributed by atoms with Crippen LogP contribution in [0.2, 0.25) is 0 Å². The number of ether oxygens (including phenoxy) is 2. The summed E-state index contributed by atoms with van der Waals surface area (Å²) in [6.07, 6.45) is 11.1. The quantitative estimate of drug-likeness (QED) is 0.732. The van der Waals surface area contributed by atoms with Crippen molar-refractivity contribution in [2.75, 3.05) is 32.8 Å². The van der Waals surface area contributed by atoms with Crippen LogP contribution in [0.1, 0.15) is 22.3 Å². The van der Waals surface area contributed by atoms with Crippen molar-refractivity contribution in [2.24, 2.45) is 11.8 Å². The van der Waals surface area contributed by atoms with Gasteiger partial charge in [-0.3, -0.25) is 9.78 Å². The third-order valence-corrected chi connectivity index (χ3v) is 5.94. The highest BCUT2D eigenvalue weighted by Gasteiger charge is 2.31. The van der Waals surface area contributed by atoms with Crippen LogP contribution in [0.3, 0.4) is 0 Å². The summed E-state index contributed by atoms with van der Waals surface area (Å²) in [5.74, 6) is 2.59. The number of likely N-dealkylation sites (tertiary alicyclic amines) is 1. The van der Waals surface area contributed by atoms with Gasteiger partial charge in [-0.15, -0.1) is 0 Å². The van der Waals surface area contributed by atoms with Crippen LogP contribution in [-0.2, 0) is 0 Å². The molecule has 1 aromatic heterocycles. The van der Waals surface area contributed by atoms with Crippen molar-refractivity contribution in [3.8, 4) is 11.5 Å². The van der Waals surface area contributed by atoms with Gasteiger partial charge in [0.05, 0.1) is 0 Å². The van der Waals surface area contributed by atoms with E-state index in [1.807, 2.05) is 30.6 Å². The van der Waals surface area contributed by atoms with Gasteiger partial charge in [0.25, 0.3) is 0 Å². The Morgan fingerprint density at radius 3 is 2.69 bits per heavy atom. The lowest BCUT2D eigenvalue weighted by atomic mass is 9.87. The molecule has 3 heterocycles. The first-order valence-electron chi connectivity index (χ1n) is 10.2. The van der Waals surface area contributed by atoms with E-state index in [9.17, 15) is 4.79 Å². The van der Waals surface area contributed by atoms with Gasteiger partial charge in [-0.1, -0.05) is 18.2 Å². The van der Waals surface area contributed by atoms with Gasteiger partial charge in [-0.2, -0.15) is 0 Å². The molecule has 5 rings (SSSR count). The van der Waals surface area contributed by atoms with Crippen LogP contribution in [0.5, 0.6) is 11.5 Å². The van der Waals surface area contributed by atoms with Gasteiger partial charge in [-0.25, -0.2) is 0 Å². The lowest BCUT2D eigenvalue weighted by Gasteiger charge is -2.19. The third-order valence-electron chi connectivity index (χ3n) is 5.94. The Morgan fingerprint density at radius 2 is 1.83 bits per heavy atom. The van der Waals surface area contributed by atoms with Crippen molar-refractivity contribution < 1.29 is 14.3 Å². The number of rotatable bonds is 5. The zero-order valence-electron chi connectivity index (χ0n) is 16.3. The van der Waals surface area contributed by atoms with Crippen LogP contribution in [0.25, 0.3) is 5.57 Å². The number of allylic oxidation sites excluding steroid dienone is 2. The zero-order chi connectivity index (χ0) is 19.6. The Balaban J connectivity index is 1.19. The molecule has 1 fully saturated rings. The number of pyridine rings is 1. The van der Waals surface area contributed by atoms with Crippen LogP contribution in [0, 0.1) is 11.8 Å². The number of Topliss-reactive ketones (excluding diaryl/α,β-unsaturated/α-hetero) is 1. The average molecular weight is 388 g/mol. The van der Waals surface area contributed by atoms with Crippen molar-refractivity contribution >= 4 is 11.4 Å². The summed E-state index contributed by atoms with van der Waals surface area (Å²) in [6, 6.07) is 9.59. The number of fused-ring (bicyclic) bond motifs is 2. The molecule has 148 valence electrons. The molecule has 5 heteroatoms. The summed E-state index contributed by atoms with van der Waals surface area (Å²) in [6.45, 7) is 3.88. The molecular formula is C24H24N2O3. The minimum atomic E-state index is 0.153. The molecule has 2 unspecified atom stereocenters. The van der Waals surface area contributed by atoms with Gasteiger partial charge in [0.2, 0.25) is 0 Å². The fourth-order valence-corrected chi connectivity index (χ4v) is 4.38. The van der Waals surface area contributed by atoms with Gasteiger partial charge in [-0.05, 0) is 53.3 Å². The molecule has 2 aromatic rings. The number of benzene rings is 1. The van der Waals surface area contributed by atoms with E-state index in [1.54, 1.807) is 0 Å². The highest BCUT2D eigenvalue weighted by atomic mass is 16.6. The number of carbonyl (C=O) groups is 1. The number of ketones is 1. The number of aromatic nitrogens is 1.